The quantitative estimate of drug-likeness (QED) is 0.776. The van der Waals surface area contributed by atoms with Gasteiger partial charge in [-0.2, -0.15) is 0 Å². The standard InChI is InChI=1S/C19H23N3O.ClH/c23-19(21-14-15-7-6-12-20-13-15)17-10-4-5-11-18(17)22-16-8-2-1-3-9-16;/h1-5,8-11,15,20,22H,6-7,12-14H2,(H,21,23);1H. The Labute approximate surface area is 149 Å². The molecule has 1 fully saturated rings. The Morgan fingerprint density at radius 3 is 2.58 bits per heavy atom. The highest BCUT2D eigenvalue weighted by Gasteiger charge is 2.16. The van der Waals surface area contributed by atoms with Crippen LogP contribution in [0.25, 0.3) is 0 Å². The highest BCUT2D eigenvalue weighted by atomic mass is 35.5. The number of halogens is 1. The number of carbonyl (C=O) groups excluding carboxylic acids is 1. The molecule has 0 spiro atoms. The van der Waals surface area contributed by atoms with Crippen molar-refractivity contribution in [1.29, 1.82) is 0 Å². The van der Waals surface area contributed by atoms with Crippen molar-refractivity contribution >= 4 is 29.7 Å². The summed E-state index contributed by atoms with van der Waals surface area (Å²) in [4.78, 5) is 12.5. The van der Waals surface area contributed by atoms with Crippen LogP contribution in [0.15, 0.2) is 54.6 Å². The number of anilines is 2. The molecule has 1 aliphatic heterocycles. The Kier molecular flexibility index (Phi) is 7.09. The largest absolute Gasteiger partial charge is 0.355 e. The van der Waals surface area contributed by atoms with Crippen LogP contribution in [0.3, 0.4) is 0 Å². The summed E-state index contributed by atoms with van der Waals surface area (Å²) >= 11 is 0. The third-order valence-corrected chi connectivity index (χ3v) is 4.17. The van der Waals surface area contributed by atoms with Crippen LogP contribution in [-0.4, -0.2) is 25.5 Å². The summed E-state index contributed by atoms with van der Waals surface area (Å²) in [6.45, 7) is 2.81. The number of benzene rings is 2. The van der Waals surface area contributed by atoms with Gasteiger partial charge in [-0.05, 0) is 56.1 Å². The van der Waals surface area contributed by atoms with Crippen molar-refractivity contribution in [3.05, 3.63) is 60.2 Å². The number of para-hydroxylation sites is 2. The number of nitrogens with one attached hydrogen (secondary N) is 3. The summed E-state index contributed by atoms with van der Waals surface area (Å²) in [6.07, 6.45) is 2.36. The Morgan fingerprint density at radius 2 is 1.83 bits per heavy atom. The first-order chi connectivity index (χ1) is 11.3. The summed E-state index contributed by atoms with van der Waals surface area (Å²) in [5.74, 6) is 0.511. The minimum absolute atomic E-state index is 0. The van der Waals surface area contributed by atoms with E-state index in [9.17, 15) is 4.79 Å². The lowest BCUT2D eigenvalue weighted by molar-refractivity contribution is 0.0945. The monoisotopic (exact) mass is 345 g/mol. The van der Waals surface area contributed by atoms with Crippen LogP contribution in [0.4, 0.5) is 11.4 Å². The van der Waals surface area contributed by atoms with Crippen LogP contribution in [0, 0.1) is 5.92 Å². The number of carbonyl (C=O) groups is 1. The first kappa shape index (κ1) is 18.3. The van der Waals surface area contributed by atoms with Gasteiger partial charge < -0.3 is 16.0 Å². The Morgan fingerprint density at radius 1 is 1.08 bits per heavy atom. The Balaban J connectivity index is 0.00000208. The first-order valence-electron chi connectivity index (χ1n) is 8.23. The van der Waals surface area contributed by atoms with Crippen LogP contribution in [0.2, 0.25) is 0 Å². The molecule has 1 unspecified atom stereocenters. The first-order valence-corrected chi connectivity index (χ1v) is 8.23. The molecule has 0 saturated carbocycles. The van der Waals surface area contributed by atoms with Gasteiger partial charge in [-0.15, -0.1) is 12.4 Å². The van der Waals surface area contributed by atoms with Gasteiger partial charge in [-0.1, -0.05) is 30.3 Å². The molecule has 1 amide bonds. The average molecular weight is 346 g/mol. The number of rotatable bonds is 5. The second-order valence-corrected chi connectivity index (χ2v) is 5.96. The number of amides is 1. The van der Waals surface area contributed by atoms with Crippen molar-refractivity contribution in [1.82, 2.24) is 10.6 Å². The summed E-state index contributed by atoms with van der Waals surface area (Å²) < 4.78 is 0. The maximum absolute atomic E-state index is 12.5. The molecule has 0 aliphatic carbocycles. The maximum Gasteiger partial charge on any atom is 0.253 e. The van der Waals surface area contributed by atoms with E-state index >= 15 is 0 Å². The summed E-state index contributed by atoms with van der Waals surface area (Å²) in [5, 5.41) is 9.77. The van der Waals surface area contributed by atoms with Crippen molar-refractivity contribution in [2.75, 3.05) is 25.0 Å². The highest BCUT2D eigenvalue weighted by Crippen LogP contribution is 2.20. The molecule has 3 rings (SSSR count). The third-order valence-electron chi connectivity index (χ3n) is 4.17. The molecule has 0 bridgehead atoms. The normalized spacial score (nSPS) is 16.8. The molecule has 128 valence electrons. The predicted octanol–water partition coefficient (Wildman–Crippen LogP) is 3.58. The van der Waals surface area contributed by atoms with Crippen LogP contribution in [0.5, 0.6) is 0 Å². The zero-order valence-electron chi connectivity index (χ0n) is 13.6. The zero-order chi connectivity index (χ0) is 15.9. The molecule has 1 atom stereocenters. The van der Waals surface area contributed by atoms with E-state index in [-0.39, 0.29) is 18.3 Å². The number of piperidine rings is 1. The molecule has 2 aromatic carbocycles. The molecule has 1 aliphatic rings. The zero-order valence-corrected chi connectivity index (χ0v) is 14.4. The molecule has 2 aromatic rings. The fraction of sp³-hybridized carbons (Fsp3) is 0.316. The lowest BCUT2D eigenvalue weighted by Crippen LogP contribution is -2.38. The summed E-state index contributed by atoms with van der Waals surface area (Å²) in [7, 11) is 0. The van der Waals surface area contributed by atoms with Gasteiger partial charge >= 0.3 is 0 Å². The number of hydrogen-bond donors (Lipinski definition) is 3. The van der Waals surface area contributed by atoms with Crippen LogP contribution < -0.4 is 16.0 Å². The summed E-state index contributed by atoms with van der Waals surface area (Å²) in [5.41, 5.74) is 2.49. The van der Waals surface area contributed by atoms with E-state index < -0.39 is 0 Å². The average Bonchev–Trinajstić information content (AvgIpc) is 2.62. The highest BCUT2D eigenvalue weighted by molar-refractivity contribution is 6.00. The molecule has 0 radical (unpaired) electrons. The van der Waals surface area contributed by atoms with Crippen LogP contribution >= 0.6 is 12.4 Å². The van der Waals surface area contributed by atoms with Crippen LogP contribution in [-0.2, 0) is 0 Å². The topological polar surface area (TPSA) is 53.2 Å². The van der Waals surface area contributed by atoms with Gasteiger partial charge in [0.25, 0.3) is 5.91 Å². The van der Waals surface area contributed by atoms with Gasteiger partial charge in [0.2, 0.25) is 0 Å². The molecule has 3 N–H and O–H groups in total. The minimum atomic E-state index is -0.0189. The van der Waals surface area contributed by atoms with Gasteiger partial charge in [0, 0.05) is 12.2 Å². The van der Waals surface area contributed by atoms with E-state index in [0.717, 1.165) is 31.0 Å². The van der Waals surface area contributed by atoms with Crippen molar-refractivity contribution in [2.45, 2.75) is 12.8 Å². The number of hydrogen-bond acceptors (Lipinski definition) is 3. The van der Waals surface area contributed by atoms with E-state index in [0.29, 0.717) is 11.5 Å². The van der Waals surface area contributed by atoms with Crippen molar-refractivity contribution < 1.29 is 4.79 Å². The van der Waals surface area contributed by atoms with E-state index in [2.05, 4.69) is 16.0 Å². The molecular formula is C19H24ClN3O. The van der Waals surface area contributed by atoms with E-state index in [1.54, 1.807) is 0 Å². The van der Waals surface area contributed by atoms with Gasteiger partial charge in [-0.3, -0.25) is 4.79 Å². The second-order valence-electron chi connectivity index (χ2n) is 5.96. The molecule has 1 heterocycles. The second kappa shape index (κ2) is 9.30. The Bertz CT molecular complexity index is 642. The fourth-order valence-corrected chi connectivity index (χ4v) is 2.90. The smallest absolute Gasteiger partial charge is 0.253 e. The SMILES string of the molecule is Cl.O=C(NCC1CCCNC1)c1ccccc1Nc1ccccc1. The van der Waals surface area contributed by atoms with E-state index in [1.807, 2.05) is 54.6 Å². The molecule has 5 heteroatoms. The van der Waals surface area contributed by atoms with Gasteiger partial charge in [0.05, 0.1) is 11.3 Å². The van der Waals surface area contributed by atoms with Crippen molar-refractivity contribution in [3.63, 3.8) is 0 Å². The lowest BCUT2D eigenvalue weighted by atomic mass is 9.99. The lowest BCUT2D eigenvalue weighted by Gasteiger charge is -2.23. The minimum Gasteiger partial charge on any atom is -0.355 e. The van der Waals surface area contributed by atoms with Gasteiger partial charge in [0.1, 0.15) is 0 Å². The molecule has 24 heavy (non-hydrogen) atoms. The van der Waals surface area contributed by atoms with Crippen LogP contribution in [0.1, 0.15) is 23.2 Å². The van der Waals surface area contributed by atoms with Crippen molar-refractivity contribution in [2.24, 2.45) is 5.92 Å². The summed E-state index contributed by atoms with van der Waals surface area (Å²) in [6, 6.07) is 17.5. The maximum atomic E-state index is 12.5. The molecular weight excluding hydrogens is 322 g/mol. The van der Waals surface area contributed by atoms with E-state index in [1.165, 1.54) is 12.8 Å². The van der Waals surface area contributed by atoms with Gasteiger partial charge in [-0.25, -0.2) is 0 Å². The fourth-order valence-electron chi connectivity index (χ4n) is 2.90. The third kappa shape index (κ3) is 4.98. The molecule has 4 nitrogen and oxygen atoms in total. The van der Waals surface area contributed by atoms with Crippen molar-refractivity contribution in [3.8, 4) is 0 Å². The Hall–Kier alpha value is -2.04. The predicted molar refractivity (Wildman–Crippen MR) is 101 cm³/mol. The molecule has 0 aromatic heterocycles. The van der Waals surface area contributed by atoms with Gasteiger partial charge in [0.15, 0.2) is 0 Å². The van der Waals surface area contributed by atoms with E-state index in [4.69, 9.17) is 0 Å². The molecule has 1 saturated heterocycles.